The number of amides is 1. The number of hydrogen-bond acceptors (Lipinski definition) is 3. The van der Waals surface area contributed by atoms with Crippen LogP contribution < -0.4 is 0 Å². The molecular weight excluding hydrogens is 240 g/mol. The molecule has 0 radical (unpaired) electrons. The lowest BCUT2D eigenvalue weighted by molar-refractivity contribution is -0.136. The van der Waals surface area contributed by atoms with E-state index < -0.39 is 0 Å². The Morgan fingerprint density at radius 2 is 1.84 bits per heavy atom. The number of rotatable bonds is 5. The Bertz CT molecular complexity index is 282. The zero-order valence-corrected chi connectivity index (χ0v) is 13.1. The van der Waals surface area contributed by atoms with Crippen molar-refractivity contribution in [2.45, 2.75) is 65.6 Å². The van der Waals surface area contributed by atoms with Crippen molar-refractivity contribution in [3.63, 3.8) is 0 Å². The Balaban J connectivity index is 2.55. The van der Waals surface area contributed by atoms with Gasteiger partial charge in [-0.1, -0.05) is 0 Å². The van der Waals surface area contributed by atoms with Crippen molar-refractivity contribution in [1.82, 2.24) is 9.80 Å². The van der Waals surface area contributed by atoms with Gasteiger partial charge in [0.15, 0.2) is 0 Å². The molecule has 0 aliphatic carbocycles. The fraction of sp³-hybridized carbons (Fsp3) is 0.933. The quantitative estimate of drug-likeness (QED) is 0.827. The Labute approximate surface area is 117 Å². The number of carbonyl (C=O) groups excluding carboxylic acids is 1. The third kappa shape index (κ3) is 4.77. The van der Waals surface area contributed by atoms with Crippen LogP contribution in [0.4, 0.5) is 0 Å². The number of likely N-dealkylation sites (tertiary alicyclic amines) is 1. The van der Waals surface area contributed by atoms with Crippen molar-refractivity contribution in [2.75, 3.05) is 19.6 Å². The number of piperidine rings is 1. The van der Waals surface area contributed by atoms with Gasteiger partial charge >= 0.3 is 0 Å². The molecule has 1 saturated heterocycles. The molecule has 112 valence electrons. The molecule has 2 atom stereocenters. The van der Waals surface area contributed by atoms with Crippen LogP contribution in [-0.4, -0.2) is 58.6 Å². The highest BCUT2D eigenvalue weighted by Crippen LogP contribution is 2.20. The lowest BCUT2D eigenvalue weighted by Gasteiger charge is -2.37. The summed E-state index contributed by atoms with van der Waals surface area (Å²) in [5.41, 5.74) is 0. The molecule has 0 aromatic rings. The van der Waals surface area contributed by atoms with Gasteiger partial charge in [-0.25, -0.2) is 0 Å². The van der Waals surface area contributed by atoms with Crippen molar-refractivity contribution in [3.05, 3.63) is 0 Å². The summed E-state index contributed by atoms with van der Waals surface area (Å²) in [4.78, 5) is 16.5. The summed E-state index contributed by atoms with van der Waals surface area (Å²) in [5.74, 6) is 0.518. The molecule has 4 heteroatoms. The summed E-state index contributed by atoms with van der Waals surface area (Å²) in [6.07, 6.45) is 1.87. The van der Waals surface area contributed by atoms with E-state index in [1.165, 1.54) is 0 Å². The first-order valence-corrected chi connectivity index (χ1v) is 7.54. The van der Waals surface area contributed by atoms with Gasteiger partial charge < -0.3 is 10.0 Å². The lowest BCUT2D eigenvalue weighted by atomic mass is 9.93. The number of aliphatic hydroxyl groups is 1. The Morgan fingerprint density at radius 3 is 2.32 bits per heavy atom. The van der Waals surface area contributed by atoms with Gasteiger partial charge in [-0.3, -0.25) is 9.69 Å². The summed E-state index contributed by atoms with van der Waals surface area (Å²) in [6.45, 7) is 12.4. The zero-order valence-electron chi connectivity index (χ0n) is 13.1. The van der Waals surface area contributed by atoms with Gasteiger partial charge in [0.1, 0.15) is 0 Å². The Hall–Kier alpha value is -0.610. The second-order valence-electron chi connectivity index (χ2n) is 6.37. The third-order valence-electron chi connectivity index (χ3n) is 3.98. The number of nitrogens with zero attached hydrogens (tertiary/aromatic N) is 2. The smallest absolute Gasteiger partial charge is 0.237 e. The van der Waals surface area contributed by atoms with E-state index >= 15 is 0 Å². The highest BCUT2D eigenvalue weighted by molar-refractivity contribution is 5.78. The van der Waals surface area contributed by atoms with E-state index in [1.807, 2.05) is 11.8 Å². The second-order valence-corrected chi connectivity index (χ2v) is 6.37. The summed E-state index contributed by atoms with van der Waals surface area (Å²) in [5, 5.41) is 9.69. The number of aliphatic hydroxyl groups excluding tert-OH is 1. The van der Waals surface area contributed by atoms with Crippen LogP contribution in [0.25, 0.3) is 0 Å². The van der Waals surface area contributed by atoms with Crippen molar-refractivity contribution >= 4 is 5.91 Å². The minimum absolute atomic E-state index is 0.205. The molecule has 1 rings (SSSR count). The molecular formula is C15H30N2O2. The van der Waals surface area contributed by atoms with E-state index in [-0.39, 0.29) is 24.1 Å². The Kier molecular flexibility index (Phi) is 6.27. The van der Waals surface area contributed by atoms with Gasteiger partial charge in [0.2, 0.25) is 5.91 Å². The first-order chi connectivity index (χ1) is 8.82. The number of hydrogen-bond donors (Lipinski definition) is 1. The molecule has 1 heterocycles. The molecule has 4 nitrogen and oxygen atoms in total. The van der Waals surface area contributed by atoms with Crippen LogP contribution in [0, 0.1) is 5.92 Å². The minimum Gasteiger partial charge on any atom is -0.393 e. The van der Waals surface area contributed by atoms with Crippen LogP contribution in [0.1, 0.15) is 47.5 Å². The average Bonchev–Trinajstić information content (AvgIpc) is 2.27. The highest BCUT2D eigenvalue weighted by Gasteiger charge is 2.27. The van der Waals surface area contributed by atoms with Crippen molar-refractivity contribution in [1.29, 1.82) is 0 Å². The normalized spacial score (nSPS) is 22.8. The fourth-order valence-electron chi connectivity index (χ4n) is 3.07. The van der Waals surface area contributed by atoms with Crippen LogP contribution in [0.15, 0.2) is 0 Å². The predicted molar refractivity (Wildman–Crippen MR) is 78.0 cm³/mol. The predicted octanol–water partition coefficient (Wildman–Crippen LogP) is 1.72. The highest BCUT2D eigenvalue weighted by atomic mass is 16.3. The molecule has 0 aromatic heterocycles. The van der Waals surface area contributed by atoms with Crippen LogP contribution in [-0.2, 0) is 4.79 Å². The van der Waals surface area contributed by atoms with Crippen LogP contribution in [0.2, 0.25) is 0 Å². The molecule has 1 N–H and O–H groups in total. The second kappa shape index (κ2) is 7.25. The monoisotopic (exact) mass is 270 g/mol. The average molecular weight is 270 g/mol. The van der Waals surface area contributed by atoms with Gasteiger partial charge in [0, 0.05) is 18.6 Å². The summed E-state index contributed by atoms with van der Waals surface area (Å²) in [6, 6.07) is 0.481. The van der Waals surface area contributed by atoms with E-state index in [4.69, 9.17) is 0 Å². The standard InChI is InChI=1S/C15H30N2O2/c1-11(2)17(12(3)4)15(19)10-16-8-6-7-14(9-16)13(5)18/h11-14,18H,6-10H2,1-5H3. The minimum atomic E-state index is -0.274. The van der Waals surface area contributed by atoms with Gasteiger partial charge in [0.25, 0.3) is 0 Å². The largest absolute Gasteiger partial charge is 0.393 e. The van der Waals surface area contributed by atoms with Crippen LogP contribution in [0.5, 0.6) is 0 Å². The topological polar surface area (TPSA) is 43.8 Å². The SMILES string of the molecule is CC(O)C1CCCN(CC(=O)N(C(C)C)C(C)C)C1. The third-order valence-corrected chi connectivity index (χ3v) is 3.98. The van der Waals surface area contributed by atoms with E-state index in [2.05, 4.69) is 32.6 Å². The zero-order chi connectivity index (χ0) is 14.6. The molecule has 1 aliphatic rings. The molecule has 1 amide bonds. The maximum absolute atomic E-state index is 12.4. The van der Waals surface area contributed by atoms with E-state index in [0.717, 1.165) is 25.9 Å². The maximum Gasteiger partial charge on any atom is 0.237 e. The van der Waals surface area contributed by atoms with E-state index in [0.29, 0.717) is 12.5 Å². The van der Waals surface area contributed by atoms with Crippen molar-refractivity contribution < 1.29 is 9.90 Å². The molecule has 0 bridgehead atoms. The molecule has 1 aliphatic heterocycles. The molecule has 0 saturated carbocycles. The van der Waals surface area contributed by atoms with Gasteiger partial charge in [-0.15, -0.1) is 0 Å². The summed E-state index contributed by atoms with van der Waals surface area (Å²) < 4.78 is 0. The molecule has 1 fully saturated rings. The molecule has 2 unspecified atom stereocenters. The maximum atomic E-state index is 12.4. The first kappa shape index (κ1) is 16.4. The Morgan fingerprint density at radius 1 is 1.26 bits per heavy atom. The van der Waals surface area contributed by atoms with Crippen LogP contribution in [0.3, 0.4) is 0 Å². The molecule has 19 heavy (non-hydrogen) atoms. The summed E-state index contributed by atoms with van der Waals surface area (Å²) >= 11 is 0. The van der Waals surface area contributed by atoms with Crippen molar-refractivity contribution in [3.8, 4) is 0 Å². The molecule has 0 aromatic carbocycles. The van der Waals surface area contributed by atoms with Gasteiger partial charge in [0.05, 0.1) is 12.6 Å². The lowest BCUT2D eigenvalue weighted by Crippen LogP contribution is -2.49. The number of carbonyl (C=O) groups is 1. The molecule has 0 spiro atoms. The van der Waals surface area contributed by atoms with Gasteiger partial charge in [-0.2, -0.15) is 0 Å². The summed E-state index contributed by atoms with van der Waals surface area (Å²) in [7, 11) is 0. The van der Waals surface area contributed by atoms with E-state index in [9.17, 15) is 9.90 Å². The van der Waals surface area contributed by atoms with Crippen LogP contribution >= 0.6 is 0 Å². The first-order valence-electron chi connectivity index (χ1n) is 7.54. The van der Waals surface area contributed by atoms with E-state index in [1.54, 1.807) is 0 Å². The van der Waals surface area contributed by atoms with Gasteiger partial charge in [-0.05, 0) is 59.9 Å². The van der Waals surface area contributed by atoms with Crippen molar-refractivity contribution in [2.24, 2.45) is 5.92 Å². The fourth-order valence-corrected chi connectivity index (χ4v) is 3.07.